The van der Waals surface area contributed by atoms with Crippen molar-refractivity contribution in [3.8, 4) is 23.0 Å². The predicted molar refractivity (Wildman–Crippen MR) is 112 cm³/mol. The van der Waals surface area contributed by atoms with Crippen molar-refractivity contribution >= 4 is 28.3 Å². The van der Waals surface area contributed by atoms with Crippen LogP contribution in [0.3, 0.4) is 0 Å². The van der Waals surface area contributed by atoms with Crippen molar-refractivity contribution in [3.63, 3.8) is 0 Å². The fourth-order valence-electron chi connectivity index (χ4n) is 3.67. The first-order valence-electron chi connectivity index (χ1n) is 9.22. The van der Waals surface area contributed by atoms with Crippen LogP contribution in [0.15, 0.2) is 34.9 Å². The van der Waals surface area contributed by atoms with Crippen LogP contribution in [-0.2, 0) is 10.3 Å². The Morgan fingerprint density at radius 1 is 1.22 bits per heavy atom. The summed E-state index contributed by atoms with van der Waals surface area (Å²) >= 11 is 3.42. The van der Waals surface area contributed by atoms with E-state index in [1.54, 1.807) is 23.1 Å². The van der Waals surface area contributed by atoms with Crippen LogP contribution in [-0.4, -0.2) is 28.1 Å². The number of rotatable bonds is 2. The lowest BCUT2D eigenvalue weighted by molar-refractivity contribution is -0.0207. The van der Waals surface area contributed by atoms with Crippen molar-refractivity contribution in [2.24, 2.45) is 16.6 Å². The Balaban J connectivity index is 1.44. The number of hydrogen-bond donors (Lipinski definition) is 1. The second-order valence-electron chi connectivity index (χ2n) is 7.88. The molecule has 138 valence electrons. The topological polar surface area (TPSA) is 60.5 Å². The van der Waals surface area contributed by atoms with Gasteiger partial charge in [0.2, 0.25) is 0 Å². The maximum atomic E-state index is 6.17. The van der Waals surface area contributed by atoms with Gasteiger partial charge in [0.1, 0.15) is 0 Å². The molecule has 2 aliphatic heterocycles. The fourth-order valence-corrected chi connectivity index (χ4v) is 6.03. The number of ether oxygens (including phenoxy) is 1. The molecule has 1 atom stereocenters. The monoisotopic (exact) mass is 395 g/mol. The number of amidine groups is 1. The molecule has 0 bridgehead atoms. The number of nitrogens with zero attached hydrogens (tertiary/aromatic N) is 2. The fraction of sp³-hybridized carbons (Fsp3) is 0.429. The average molecular weight is 396 g/mol. The number of aliphatic imine (C=N–C) groups is 1. The van der Waals surface area contributed by atoms with Gasteiger partial charge < -0.3 is 10.5 Å². The SMILES string of the molecule is CC1(c2cc(-c3cncc(C#CC4CC4)c3)cs2)CC2(COC2)SC(N)=N1. The summed E-state index contributed by atoms with van der Waals surface area (Å²) in [5.41, 5.74) is 9.14. The van der Waals surface area contributed by atoms with E-state index in [9.17, 15) is 0 Å². The van der Waals surface area contributed by atoms with Crippen molar-refractivity contribution in [1.29, 1.82) is 0 Å². The molecular formula is C21H21N3OS2. The molecule has 0 aromatic carbocycles. The minimum Gasteiger partial charge on any atom is -0.378 e. The first-order chi connectivity index (χ1) is 13.0. The third-order valence-electron chi connectivity index (χ3n) is 5.27. The Kier molecular flexibility index (Phi) is 4.08. The summed E-state index contributed by atoms with van der Waals surface area (Å²) in [6.07, 6.45) is 7.18. The molecule has 4 nitrogen and oxygen atoms in total. The van der Waals surface area contributed by atoms with E-state index in [-0.39, 0.29) is 10.3 Å². The molecule has 2 fully saturated rings. The molecule has 2 aromatic heterocycles. The Hall–Kier alpha value is -1.81. The van der Waals surface area contributed by atoms with Gasteiger partial charge in [-0.15, -0.1) is 11.3 Å². The molecular weight excluding hydrogens is 374 g/mol. The molecule has 1 unspecified atom stereocenters. The largest absolute Gasteiger partial charge is 0.378 e. The maximum Gasteiger partial charge on any atom is 0.155 e. The normalized spacial score (nSPS) is 26.0. The minimum absolute atomic E-state index is 0.0879. The molecule has 0 radical (unpaired) electrons. The summed E-state index contributed by atoms with van der Waals surface area (Å²) < 4.78 is 5.56. The molecule has 3 aliphatic rings. The smallest absolute Gasteiger partial charge is 0.155 e. The first-order valence-corrected chi connectivity index (χ1v) is 10.9. The molecule has 27 heavy (non-hydrogen) atoms. The van der Waals surface area contributed by atoms with Gasteiger partial charge >= 0.3 is 0 Å². The van der Waals surface area contributed by atoms with Gasteiger partial charge in [0.15, 0.2) is 5.17 Å². The molecule has 2 aromatic rings. The van der Waals surface area contributed by atoms with Crippen LogP contribution >= 0.6 is 23.1 Å². The van der Waals surface area contributed by atoms with E-state index >= 15 is 0 Å². The van der Waals surface area contributed by atoms with E-state index in [0.29, 0.717) is 11.1 Å². The van der Waals surface area contributed by atoms with Gasteiger partial charge in [-0.1, -0.05) is 23.6 Å². The van der Waals surface area contributed by atoms with E-state index in [2.05, 4.69) is 41.3 Å². The van der Waals surface area contributed by atoms with Gasteiger partial charge in [-0.05, 0) is 49.3 Å². The first kappa shape index (κ1) is 17.3. The van der Waals surface area contributed by atoms with Crippen LogP contribution in [0.4, 0.5) is 0 Å². The number of thioether (sulfide) groups is 1. The summed E-state index contributed by atoms with van der Waals surface area (Å²) in [4.78, 5) is 10.4. The summed E-state index contributed by atoms with van der Waals surface area (Å²) in [7, 11) is 0. The Labute approximate surface area is 167 Å². The maximum absolute atomic E-state index is 6.17. The van der Waals surface area contributed by atoms with Crippen LogP contribution < -0.4 is 5.73 Å². The number of aromatic nitrogens is 1. The Bertz CT molecular complexity index is 979. The van der Waals surface area contributed by atoms with Gasteiger partial charge in [-0.3, -0.25) is 9.98 Å². The second kappa shape index (κ2) is 6.37. The van der Waals surface area contributed by atoms with Gasteiger partial charge in [0.05, 0.1) is 23.5 Å². The lowest BCUT2D eigenvalue weighted by Gasteiger charge is -2.47. The van der Waals surface area contributed by atoms with Crippen LogP contribution in [0.1, 0.15) is 36.6 Å². The highest BCUT2D eigenvalue weighted by Gasteiger charge is 2.50. The Morgan fingerprint density at radius 3 is 2.81 bits per heavy atom. The lowest BCUT2D eigenvalue weighted by atomic mass is 9.85. The van der Waals surface area contributed by atoms with Crippen LogP contribution in [0, 0.1) is 17.8 Å². The molecule has 0 amide bonds. The quantitative estimate of drug-likeness (QED) is 0.781. The van der Waals surface area contributed by atoms with E-state index < -0.39 is 0 Å². The molecule has 1 saturated heterocycles. The molecule has 5 rings (SSSR count). The predicted octanol–water partition coefficient (Wildman–Crippen LogP) is 4.01. The second-order valence-corrected chi connectivity index (χ2v) is 10.3. The highest BCUT2D eigenvalue weighted by atomic mass is 32.2. The van der Waals surface area contributed by atoms with Crippen molar-refractivity contribution < 1.29 is 4.74 Å². The van der Waals surface area contributed by atoms with Gasteiger partial charge in [0.25, 0.3) is 0 Å². The standard InChI is InChI=1S/C21H21N3OS2/c1-20(11-21(12-25-13-21)27-19(22)24-20)18-7-17(10-26-18)16-6-15(8-23-9-16)5-4-14-2-3-14/h6-10,14H,2-3,11-13H2,1H3,(H2,22,24). The Morgan fingerprint density at radius 2 is 2.07 bits per heavy atom. The third-order valence-corrected chi connectivity index (χ3v) is 7.57. The minimum atomic E-state index is -0.293. The van der Waals surface area contributed by atoms with Crippen molar-refractivity contribution in [2.75, 3.05) is 13.2 Å². The zero-order valence-corrected chi connectivity index (χ0v) is 16.8. The van der Waals surface area contributed by atoms with Crippen LogP contribution in [0.5, 0.6) is 0 Å². The summed E-state index contributed by atoms with van der Waals surface area (Å²) in [5, 5.41) is 2.86. The summed E-state index contributed by atoms with van der Waals surface area (Å²) in [6.45, 7) is 3.70. The highest BCUT2D eigenvalue weighted by Crippen LogP contribution is 2.50. The van der Waals surface area contributed by atoms with Crippen molar-refractivity contribution in [1.82, 2.24) is 4.98 Å². The van der Waals surface area contributed by atoms with E-state index in [1.165, 1.54) is 23.3 Å². The molecule has 1 aliphatic carbocycles. The molecule has 1 saturated carbocycles. The molecule has 6 heteroatoms. The van der Waals surface area contributed by atoms with E-state index in [0.717, 1.165) is 30.8 Å². The average Bonchev–Trinajstić information content (AvgIpc) is 3.31. The van der Waals surface area contributed by atoms with Crippen molar-refractivity contribution in [3.05, 3.63) is 40.3 Å². The zero-order chi connectivity index (χ0) is 18.5. The lowest BCUT2D eigenvalue weighted by Crippen LogP contribution is -2.54. The van der Waals surface area contributed by atoms with E-state index in [4.69, 9.17) is 15.5 Å². The summed E-state index contributed by atoms with van der Waals surface area (Å²) in [5.74, 6) is 7.16. The number of nitrogens with two attached hydrogens (primary N) is 1. The highest BCUT2D eigenvalue weighted by molar-refractivity contribution is 8.15. The number of hydrogen-bond acceptors (Lipinski definition) is 6. The van der Waals surface area contributed by atoms with Gasteiger partial charge in [-0.2, -0.15) is 0 Å². The molecule has 4 heterocycles. The third kappa shape index (κ3) is 3.40. The van der Waals surface area contributed by atoms with Gasteiger partial charge in [0, 0.05) is 34.3 Å². The van der Waals surface area contributed by atoms with Crippen LogP contribution in [0.2, 0.25) is 0 Å². The zero-order valence-electron chi connectivity index (χ0n) is 15.2. The summed E-state index contributed by atoms with van der Waals surface area (Å²) in [6, 6.07) is 4.37. The van der Waals surface area contributed by atoms with Crippen molar-refractivity contribution in [2.45, 2.75) is 36.5 Å². The number of thiophene rings is 1. The van der Waals surface area contributed by atoms with Crippen LogP contribution in [0.25, 0.3) is 11.1 Å². The molecule has 2 N–H and O–H groups in total. The molecule has 1 spiro atoms. The van der Waals surface area contributed by atoms with E-state index in [1.807, 2.05) is 12.4 Å². The number of pyridine rings is 1. The van der Waals surface area contributed by atoms with Gasteiger partial charge in [-0.25, -0.2) is 0 Å².